The van der Waals surface area contributed by atoms with Crippen LogP contribution in [0.2, 0.25) is 0 Å². The molecule has 0 unspecified atom stereocenters. The molecule has 4 nitrogen and oxygen atoms in total. The van der Waals surface area contributed by atoms with Crippen molar-refractivity contribution in [1.29, 1.82) is 0 Å². The molecule has 0 saturated carbocycles. The number of halogens is 2. The lowest BCUT2D eigenvalue weighted by Gasteiger charge is -2.39. The first-order valence-corrected chi connectivity index (χ1v) is 10.3. The number of likely N-dealkylation sites (N-methyl/N-ethyl adjacent to an activating group) is 1. The smallest absolute Gasteiger partial charge is 0.193 e. The molecular weight excluding hydrogens is 488 g/mol. The van der Waals surface area contributed by atoms with Crippen LogP contribution in [-0.2, 0) is 16.6 Å². The Hall–Kier alpha value is -1.19. The van der Waals surface area contributed by atoms with E-state index >= 15 is 0 Å². The minimum Gasteiger partial charge on any atom is -0.381 e. The molecule has 0 radical (unpaired) electrons. The van der Waals surface area contributed by atoms with Crippen molar-refractivity contribution in [2.24, 2.45) is 4.99 Å². The Balaban J connectivity index is 0.00000280. The number of aliphatic imine (C=N–C) groups is 1. The standard InChI is InChI=1S/C21H28FN3OS.HI/c1-23-20(25(2)11-8-19-7-4-14-27-19)24-16-21(9-12-26-13-10-21)17-5-3-6-18(22)15-17;/h3-7,14-15H,8-13,16H2,1-2H3,(H,23,24);1H. The summed E-state index contributed by atoms with van der Waals surface area (Å²) in [5, 5.41) is 5.64. The zero-order valence-corrected chi connectivity index (χ0v) is 19.6. The number of guanidine groups is 1. The van der Waals surface area contributed by atoms with Gasteiger partial charge in [0.2, 0.25) is 0 Å². The molecule has 1 aromatic heterocycles. The van der Waals surface area contributed by atoms with Crippen LogP contribution in [-0.4, -0.2) is 51.3 Å². The monoisotopic (exact) mass is 517 g/mol. The van der Waals surface area contributed by atoms with Crippen LogP contribution in [0.1, 0.15) is 23.3 Å². The van der Waals surface area contributed by atoms with Gasteiger partial charge in [-0.05, 0) is 48.4 Å². The molecular formula is C21H29FIN3OS. The summed E-state index contributed by atoms with van der Waals surface area (Å²) in [5.74, 6) is 0.685. The normalized spacial score (nSPS) is 16.3. The van der Waals surface area contributed by atoms with Crippen molar-refractivity contribution in [3.8, 4) is 0 Å². The first-order chi connectivity index (χ1) is 13.1. The summed E-state index contributed by atoms with van der Waals surface area (Å²) in [7, 11) is 3.87. The average molecular weight is 517 g/mol. The number of hydrogen-bond acceptors (Lipinski definition) is 3. The molecule has 2 aromatic rings. The lowest BCUT2D eigenvalue weighted by molar-refractivity contribution is 0.0511. The minimum atomic E-state index is -0.184. The first-order valence-electron chi connectivity index (χ1n) is 9.41. The molecule has 3 rings (SSSR count). The van der Waals surface area contributed by atoms with Crippen LogP contribution in [0, 0.1) is 5.82 Å². The fraction of sp³-hybridized carbons (Fsp3) is 0.476. The van der Waals surface area contributed by atoms with Gasteiger partial charge in [-0.3, -0.25) is 4.99 Å². The third kappa shape index (κ3) is 5.90. The Morgan fingerprint density at radius 3 is 2.71 bits per heavy atom. The van der Waals surface area contributed by atoms with E-state index in [1.54, 1.807) is 23.5 Å². The summed E-state index contributed by atoms with van der Waals surface area (Å²) in [6.45, 7) is 3.02. The zero-order chi connectivity index (χ0) is 19.1. The predicted molar refractivity (Wildman–Crippen MR) is 126 cm³/mol. The molecule has 0 spiro atoms. The highest BCUT2D eigenvalue weighted by Gasteiger charge is 2.35. The van der Waals surface area contributed by atoms with Gasteiger partial charge in [-0.25, -0.2) is 4.39 Å². The second-order valence-electron chi connectivity index (χ2n) is 7.05. The van der Waals surface area contributed by atoms with E-state index < -0.39 is 0 Å². The molecule has 1 aliphatic rings. The van der Waals surface area contributed by atoms with Gasteiger partial charge in [-0.1, -0.05) is 18.2 Å². The number of hydrogen-bond donors (Lipinski definition) is 1. The second-order valence-corrected chi connectivity index (χ2v) is 8.09. The van der Waals surface area contributed by atoms with E-state index in [9.17, 15) is 4.39 Å². The topological polar surface area (TPSA) is 36.9 Å². The maximum absolute atomic E-state index is 13.8. The summed E-state index contributed by atoms with van der Waals surface area (Å²) < 4.78 is 19.4. The highest BCUT2D eigenvalue weighted by Crippen LogP contribution is 2.34. The van der Waals surface area contributed by atoms with Crippen LogP contribution >= 0.6 is 35.3 Å². The lowest BCUT2D eigenvalue weighted by atomic mass is 9.74. The molecule has 1 saturated heterocycles. The SMILES string of the molecule is CN=C(NCC1(c2cccc(F)c2)CCOCC1)N(C)CCc1cccs1.I. The van der Waals surface area contributed by atoms with Crippen molar-refractivity contribution in [2.75, 3.05) is 40.4 Å². The van der Waals surface area contributed by atoms with Crippen molar-refractivity contribution >= 4 is 41.3 Å². The lowest BCUT2D eigenvalue weighted by Crippen LogP contribution is -2.48. The van der Waals surface area contributed by atoms with Gasteiger partial charge in [0.1, 0.15) is 5.82 Å². The highest BCUT2D eigenvalue weighted by molar-refractivity contribution is 14.0. The number of benzene rings is 1. The number of rotatable bonds is 6. The van der Waals surface area contributed by atoms with E-state index in [1.807, 2.05) is 13.1 Å². The Bertz CT molecular complexity index is 748. The Morgan fingerprint density at radius 1 is 1.29 bits per heavy atom. The number of thiophene rings is 1. The Labute approximate surface area is 188 Å². The fourth-order valence-electron chi connectivity index (χ4n) is 3.62. The quantitative estimate of drug-likeness (QED) is 0.353. The van der Waals surface area contributed by atoms with Crippen LogP contribution in [0.5, 0.6) is 0 Å². The van der Waals surface area contributed by atoms with E-state index in [0.717, 1.165) is 43.9 Å². The molecule has 1 fully saturated rings. The average Bonchev–Trinajstić information content (AvgIpc) is 3.21. The van der Waals surface area contributed by atoms with Crippen molar-refractivity contribution < 1.29 is 9.13 Å². The van der Waals surface area contributed by atoms with Crippen molar-refractivity contribution in [3.63, 3.8) is 0 Å². The third-order valence-electron chi connectivity index (χ3n) is 5.32. The molecule has 7 heteroatoms. The van der Waals surface area contributed by atoms with Gasteiger partial charge in [0.25, 0.3) is 0 Å². The van der Waals surface area contributed by atoms with E-state index in [-0.39, 0.29) is 35.2 Å². The van der Waals surface area contributed by atoms with E-state index in [1.165, 1.54) is 10.9 Å². The number of nitrogens with zero attached hydrogens (tertiary/aromatic N) is 2. The summed E-state index contributed by atoms with van der Waals surface area (Å²) in [4.78, 5) is 7.97. The minimum absolute atomic E-state index is 0. The third-order valence-corrected chi connectivity index (χ3v) is 6.26. The summed E-state index contributed by atoms with van der Waals surface area (Å²) in [6.07, 6.45) is 2.75. The van der Waals surface area contributed by atoms with Crippen molar-refractivity contribution in [1.82, 2.24) is 10.2 Å². The molecule has 0 bridgehead atoms. The summed E-state index contributed by atoms with van der Waals surface area (Å²) >= 11 is 1.78. The summed E-state index contributed by atoms with van der Waals surface area (Å²) in [6, 6.07) is 11.2. The maximum atomic E-state index is 13.8. The maximum Gasteiger partial charge on any atom is 0.193 e. The van der Waals surface area contributed by atoms with Crippen LogP contribution in [0.3, 0.4) is 0 Å². The van der Waals surface area contributed by atoms with Crippen LogP contribution in [0.15, 0.2) is 46.8 Å². The van der Waals surface area contributed by atoms with Crippen LogP contribution in [0.25, 0.3) is 0 Å². The molecule has 0 atom stereocenters. The van der Waals surface area contributed by atoms with E-state index in [4.69, 9.17) is 4.74 Å². The van der Waals surface area contributed by atoms with Gasteiger partial charge in [0, 0.05) is 50.7 Å². The molecule has 0 amide bonds. The first kappa shape index (κ1) is 23.1. The van der Waals surface area contributed by atoms with Gasteiger partial charge in [0.15, 0.2) is 5.96 Å². The number of ether oxygens (including phenoxy) is 1. The molecule has 1 aliphatic heterocycles. The van der Waals surface area contributed by atoms with Gasteiger partial charge in [-0.2, -0.15) is 0 Å². The number of nitrogens with one attached hydrogen (secondary N) is 1. The molecule has 2 heterocycles. The fourth-order valence-corrected chi connectivity index (χ4v) is 4.32. The molecule has 1 N–H and O–H groups in total. The summed E-state index contributed by atoms with van der Waals surface area (Å²) in [5.41, 5.74) is 0.903. The second kappa shape index (κ2) is 11.1. The van der Waals surface area contributed by atoms with Gasteiger partial charge < -0.3 is 15.0 Å². The van der Waals surface area contributed by atoms with Crippen molar-refractivity contribution in [3.05, 3.63) is 58.0 Å². The largest absolute Gasteiger partial charge is 0.381 e. The highest BCUT2D eigenvalue weighted by atomic mass is 127. The molecule has 0 aliphatic carbocycles. The van der Waals surface area contributed by atoms with E-state index in [2.05, 4.69) is 39.8 Å². The van der Waals surface area contributed by atoms with E-state index in [0.29, 0.717) is 13.2 Å². The van der Waals surface area contributed by atoms with Gasteiger partial charge in [-0.15, -0.1) is 35.3 Å². The zero-order valence-electron chi connectivity index (χ0n) is 16.5. The Morgan fingerprint density at radius 2 is 2.07 bits per heavy atom. The van der Waals surface area contributed by atoms with Crippen molar-refractivity contribution in [2.45, 2.75) is 24.7 Å². The molecule has 1 aromatic carbocycles. The van der Waals surface area contributed by atoms with Gasteiger partial charge >= 0.3 is 0 Å². The van der Waals surface area contributed by atoms with Crippen LogP contribution < -0.4 is 5.32 Å². The Kier molecular flexibility index (Phi) is 9.17. The predicted octanol–water partition coefficient (Wildman–Crippen LogP) is 4.30. The van der Waals surface area contributed by atoms with Crippen LogP contribution in [0.4, 0.5) is 4.39 Å². The molecule has 154 valence electrons. The molecule has 28 heavy (non-hydrogen) atoms. The van der Waals surface area contributed by atoms with Gasteiger partial charge in [0.05, 0.1) is 0 Å².